The van der Waals surface area contributed by atoms with E-state index in [1.165, 1.54) is 0 Å². The summed E-state index contributed by atoms with van der Waals surface area (Å²) >= 11 is 0. The Kier molecular flexibility index (Phi) is 60.3. The third-order valence-corrected chi connectivity index (χ3v) is 0. The van der Waals surface area contributed by atoms with E-state index in [1.54, 1.807) is 0 Å². The van der Waals surface area contributed by atoms with E-state index < -0.39 is 21.8 Å². The monoisotopic (exact) mass is 394 g/mol. The topological polar surface area (TPSA) is 35.0 Å². The average molecular weight is 394 g/mol. The Hall–Kier alpha value is 0.951. The fourth-order valence-electron chi connectivity index (χ4n) is 0. The summed E-state index contributed by atoms with van der Waals surface area (Å²) in [7, 11) is -18.0. The summed E-state index contributed by atoms with van der Waals surface area (Å²) in [5.41, 5.74) is 0. The van der Waals surface area contributed by atoms with Crippen molar-refractivity contribution in [2.45, 2.75) is 35.1 Å². The summed E-state index contributed by atoms with van der Waals surface area (Å²) in [6.07, 6.45) is 0. The summed E-state index contributed by atoms with van der Waals surface area (Å²) in [5, 5.41) is 0. The predicted molar refractivity (Wildman–Crippen MR) is 66.1 cm³/mol. The minimum atomic E-state index is -6.00. The van der Waals surface area contributed by atoms with Crippen molar-refractivity contribution in [3.05, 3.63) is 0 Å². The maximum Gasteiger partial charge on any atom is 1.00 e. The number of hydrogen-bond donors (Lipinski definition) is 1. The molecular weight excluding hydrogens is 374 g/mol. The fraction of sp³-hybridized carbons (Fsp3) is 1.00. The molecule has 0 aromatic carbocycles. The molecule has 0 heterocycles. The van der Waals surface area contributed by atoms with Gasteiger partial charge in [-0.1, -0.05) is 35.1 Å². The van der Waals surface area contributed by atoms with Gasteiger partial charge in [0.1, 0.15) is 0 Å². The summed E-state index contributed by atoms with van der Waals surface area (Å²) in [5.74, 6) is 0. The maximum absolute atomic E-state index is 9.75. The molecule has 0 rings (SSSR count). The second-order valence-corrected chi connectivity index (χ2v) is 1.48. The number of hydrogen-bond acceptors (Lipinski definition) is 1. The van der Waals surface area contributed by atoms with Crippen molar-refractivity contribution in [3.63, 3.8) is 0 Å². The van der Waals surface area contributed by atoms with Crippen LogP contribution in [0.5, 0.6) is 0 Å². The first-order valence-electron chi connectivity index (χ1n) is 4.62. The first-order chi connectivity index (χ1) is 8.00. The van der Waals surface area contributed by atoms with Gasteiger partial charge in [0.15, 0.2) is 0 Å². The molecular formula is C5H20B3F12KN-3. The number of rotatable bonds is 0. The molecule has 0 aromatic heterocycles. The van der Waals surface area contributed by atoms with Crippen molar-refractivity contribution in [2.75, 3.05) is 0 Å². The van der Waals surface area contributed by atoms with Crippen molar-refractivity contribution in [1.82, 2.24) is 6.15 Å². The van der Waals surface area contributed by atoms with Gasteiger partial charge in [-0.3, -0.25) is 0 Å². The molecule has 17 heteroatoms. The van der Waals surface area contributed by atoms with Crippen LogP contribution in [0.4, 0.5) is 51.8 Å². The van der Waals surface area contributed by atoms with Gasteiger partial charge in [-0.05, 0) is 0 Å². The van der Waals surface area contributed by atoms with Crippen molar-refractivity contribution in [2.24, 2.45) is 0 Å². The van der Waals surface area contributed by atoms with Crippen LogP contribution in [0.1, 0.15) is 36.5 Å². The molecule has 0 spiro atoms. The quantitative estimate of drug-likeness (QED) is 0.492. The van der Waals surface area contributed by atoms with Gasteiger partial charge in [0.2, 0.25) is 0 Å². The molecule has 0 saturated heterocycles. The van der Waals surface area contributed by atoms with E-state index in [0.717, 1.165) is 0 Å². The Morgan fingerprint density at radius 2 is 0.455 bits per heavy atom. The standard InChI is InChI=1S/2C2H6.CH4.3BF4.K.H3N.H/c2*1-2;;3*2-1(3,4)5;;;/h2*1-2H3;1H4;;;;;1H3;/q;;;3*-1;+1;;-1. The molecule has 3 N–H and O–H groups in total. The van der Waals surface area contributed by atoms with Crippen LogP contribution in [0.25, 0.3) is 0 Å². The van der Waals surface area contributed by atoms with Crippen LogP contribution in [-0.2, 0) is 0 Å². The predicted octanol–water partition coefficient (Wildman–Crippen LogP) is 3.87. The zero-order chi connectivity index (χ0) is 17.5. The molecule has 0 aliphatic carbocycles. The first kappa shape index (κ1) is 49.5. The van der Waals surface area contributed by atoms with E-state index >= 15 is 0 Å². The Bertz CT molecular complexity index is 120. The maximum atomic E-state index is 9.75. The molecule has 0 atom stereocenters. The Morgan fingerprint density at radius 1 is 0.455 bits per heavy atom. The summed E-state index contributed by atoms with van der Waals surface area (Å²) in [4.78, 5) is 0. The average Bonchev–Trinajstić information content (AvgIpc) is 2.01. The van der Waals surface area contributed by atoms with Crippen molar-refractivity contribution in [3.8, 4) is 0 Å². The van der Waals surface area contributed by atoms with Crippen LogP contribution >= 0.6 is 0 Å². The van der Waals surface area contributed by atoms with Crippen molar-refractivity contribution in [1.29, 1.82) is 0 Å². The van der Waals surface area contributed by atoms with Crippen LogP contribution < -0.4 is 57.5 Å². The van der Waals surface area contributed by atoms with Gasteiger partial charge in [-0.25, -0.2) is 0 Å². The summed E-state index contributed by atoms with van der Waals surface area (Å²) in [6, 6.07) is 0. The first-order valence-corrected chi connectivity index (χ1v) is 4.62. The number of halogens is 12. The van der Waals surface area contributed by atoms with Gasteiger partial charge in [-0.15, -0.1) is 0 Å². The molecule has 0 amide bonds. The summed E-state index contributed by atoms with van der Waals surface area (Å²) in [6.45, 7) is 8.00. The second kappa shape index (κ2) is 26.8. The van der Waals surface area contributed by atoms with Crippen molar-refractivity contribution >= 4 is 21.8 Å². The zero-order valence-electron chi connectivity index (χ0n) is 13.0. The van der Waals surface area contributed by atoms with E-state index in [0.29, 0.717) is 0 Å². The van der Waals surface area contributed by atoms with Gasteiger partial charge in [0.25, 0.3) is 0 Å². The molecule has 0 bridgehead atoms. The van der Waals surface area contributed by atoms with Gasteiger partial charge in [0, 0.05) is 0 Å². The van der Waals surface area contributed by atoms with E-state index in [4.69, 9.17) is 0 Å². The molecule has 0 unspecified atom stereocenters. The van der Waals surface area contributed by atoms with Gasteiger partial charge >= 0.3 is 73.1 Å². The SMILES string of the molecule is C.CC.CC.F[B-](F)(F)F.F[B-](F)(F)F.F[B-](F)(F)F.N.[H-].[K+]. The zero-order valence-corrected chi connectivity index (χ0v) is 15.1. The van der Waals surface area contributed by atoms with E-state index in [1.807, 2.05) is 27.7 Å². The molecule has 142 valence electrons. The molecule has 0 aromatic rings. The minimum absolute atomic E-state index is 0. The molecule has 0 aliphatic rings. The molecule has 0 radical (unpaired) electrons. The van der Waals surface area contributed by atoms with E-state index in [9.17, 15) is 51.8 Å². The second-order valence-electron chi connectivity index (χ2n) is 1.48. The molecule has 0 saturated carbocycles. The van der Waals surface area contributed by atoms with Crippen LogP contribution in [0.2, 0.25) is 0 Å². The van der Waals surface area contributed by atoms with E-state index in [2.05, 4.69) is 0 Å². The molecule has 1 nitrogen and oxygen atoms in total. The van der Waals surface area contributed by atoms with Gasteiger partial charge in [0.05, 0.1) is 0 Å². The van der Waals surface area contributed by atoms with Crippen LogP contribution in [-0.4, -0.2) is 21.8 Å². The van der Waals surface area contributed by atoms with E-state index in [-0.39, 0.29) is 66.4 Å². The van der Waals surface area contributed by atoms with Crippen LogP contribution in [0.3, 0.4) is 0 Å². The van der Waals surface area contributed by atoms with Gasteiger partial charge < -0.3 is 59.4 Å². The smallest absolute Gasteiger partial charge is 1.00 e. The normalized spacial score (nSPS) is 8.73. The largest absolute Gasteiger partial charge is 1.00 e. The molecule has 22 heavy (non-hydrogen) atoms. The third kappa shape index (κ3) is 9220. The minimum Gasteiger partial charge on any atom is -1.00 e. The summed E-state index contributed by atoms with van der Waals surface area (Å²) < 4.78 is 117. The van der Waals surface area contributed by atoms with Crippen molar-refractivity contribution < 1.29 is 105 Å². The van der Waals surface area contributed by atoms with Crippen LogP contribution in [0, 0.1) is 0 Å². The van der Waals surface area contributed by atoms with Gasteiger partial charge in [-0.2, -0.15) is 0 Å². The Morgan fingerprint density at radius 3 is 0.455 bits per heavy atom. The fourth-order valence-corrected chi connectivity index (χ4v) is 0. The Labute approximate surface area is 166 Å². The molecule has 0 fully saturated rings. The van der Waals surface area contributed by atoms with Crippen LogP contribution in [0.15, 0.2) is 0 Å². The molecule has 0 aliphatic heterocycles. The third-order valence-electron chi connectivity index (χ3n) is 0. The Balaban J connectivity index is -0.0000000152.